The van der Waals surface area contributed by atoms with Crippen LogP contribution in [0.3, 0.4) is 0 Å². The second kappa shape index (κ2) is 16.8. The third kappa shape index (κ3) is 8.67. The molecule has 0 amide bonds. The predicted octanol–water partition coefficient (Wildman–Crippen LogP) is 11.0. The van der Waals surface area contributed by atoms with E-state index in [0.717, 1.165) is 22.4 Å². The summed E-state index contributed by atoms with van der Waals surface area (Å²) in [6.45, 7) is 14.2. The molecule has 1 heterocycles. The summed E-state index contributed by atoms with van der Waals surface area (Å²) in [5, 5.41) is 9.64. The Morgan fingerprint density at radius 3 is 2.00 bits per heavy atom. The molecule has 0 bridgehead atoms. The molecule has 0 aromatic heterocycles. The van der Waals surface area contributed by atoms with Crippen LogP contribution in [-0.2, 0) is 15.7 Å². The first-order valence-corrected chi connectivity index (χ1v) is 19.4. The molecule has 5 aromatic rings. The van der Waals surface area contributed by atoms with Gasteiger partial charge in [0.05, 0.1) is 5.69 Å². The number of anilines is 1. The fraction of sp³-hybridized carbons (Fsp3) is 0.186. The first kappa shape index (κ1) is 35.2. The number of fused-ring (bicyclic) bond motifs is 1. The van der Waals surface area contributed by atoms with E-state index in [2.05, 4.69) is 104 Å². The van der Waals surface area contributed by atoms with Gasteiger partial charge in [0.15, 0.2) is 0 Å². The molecule has 5 heteroatoms. The molecule has 1 N–H and O–H groups in total. The van der Waals surface area contributed by atoms with Crippen molar-refractivity contribution in [1.82, 2.24) is 0 Å². The van der Waals surface area contributed by atoms with Crippen LogP contribution in [0.25, 0.3) is 5.57 Å². The predicted molar refractivity (Wildman–Crippen MR) is 203 cm³/mol. The Bertz CT molecular complexity index is 1910. The number of rotatable bonds is 4. The van der Waals surface area contributed by atoms with E-state index < -0.39 is 0 Å². The summed E-state index contributed by atoms with van der Waals surface area (Å²) in [6, 6.07) is 36.8. The summed E-state index contributed by atoms with van der Waals surface area (Å²) >= 11 is -0.218. The maximum atomic E-state index is 9.64. The molecule has 48 heavy (non-hydrogen) atoms. The van der Waals surface area contributed by atoms with Crippen molar-refractivity contribution in [1.29, 1.82) is 0 Å². The summed E-state index contributed by atoms with van der Waals surface area (Å²) in [5.41, 5.74) is 14.7. The van der Waals surface area contributed by atoms with Gasteiger partial charge in [-0.15, -0.1) is 0 Å². The fourth-order valence-electron chi connectivity index (χ4n) is 6.28. The van der Waals surface area contributed by atoms with Crippen LogP contribution in [0.2, 0.25) is 0 Å². The van der Waals surface area contributed by atoms with E-state index in [0.29, 0.717) is 0 Å². The molecule has 3 nitrogen and oxygen atoms in total. The zero-order chi connectivity index (χ0) is 34.0. The number of hydrogen-bond acceptors (Lipinski definition) is 3. The van der Waals surface area contributed by atoms with Crippen molar-refractivity contribution in [3.05, 3.63) is 172 Å². The molecule has 1 fully saturated rings. The van der Waals surface area contributed by atoms with Gasteiger partial charge in [0.2, 0.25) is 0 Å². The molecule has 0 saturated carbocycles. The quantitative estimate of drug-likeness (QED) is 0.113. The van der Waals surface area contributed by atoms with Crippen LogP contribution in [0.1, 0.15) is 62.9 Å². The van der Waals surface area contributed by atoms with Gasteiger partial charge in [-0.3, -0.25) is 4.99 Å². The van der Waals surface area contributed by atoms with Gasteiger partial charge in [-0.25, -0.2) is 6.54 Å². The van der Waals surface area contributed by atoms with E-state index in [1.54, 1.807) is 18.3 Å². The second-order valence-corrected chi connectivity index (χ2v) is 14.2. The number of phenols is 1. The van der Waals surface area contributed by atoms with Crippen molar-refractivity contribution in [3.8, 4) is 5.75 Å². The van der Waals surface area contributed by atoms with Gasteiger partial charge in [0.1, 0.15) is 5.75 Å². The van der Waals surface area contributed by atoms with Gasteiger partial charge in [0.25, 0.3) is 0 Å². The SMILES string of the molecule is Cc1cc(C)c(N2[CH-]CCC2)c(C)c1.Cc1cccc(C)c1N=Cc1ccccc1O.[Cl][Ru]=[C]1C=C(c2ccccc2)c2ccccc21. The van der Waals surface area contributed by atoms with E-state index in [9.17, 15) is 5.11 Å². The topological polar surface area (TPSA) is 35.8 Å². The van der Waals surface area contributed by atoms with E-state index >= 15 is 0 Å². The maximum absolute atomic E-state index is 9.64. The van der Waals surface area contributed by atoms with Crippen LogP contribution in [0.4, 0.5) is 11.4 Å². The molecule has 0 radical (unpaired) electrons. The Hall–Kier alpha value is -4.11. The third-order valence-electron chi connectivity index (χ3n) is 8.48. The van der Waals surface area contributed by atoms with Gasteiger partial charge in [-0.05, 0) is 75.5 Å². The van der Waals surface area contributed by atoms with E-state index in [1.165, 1.54) is 68.1 Å². The summed E-state index contributed by atoms with van der Waals surface area (Å²) in [6.07, 6.45) is 6.47. The second-order valence-electron chi connectivity index (χ2n) is 12.2. The molecular weight excluding hydrogens is 697 g/mol. The van der Waals surface area contributed by atoms with Gasteiger partial charge in [0, 0.05) is 17.5 Å². The van der Waals surface area contributed by atoms with Gasteiger partial charge in [-0.2, -0.15) is 6.42 Å². The Kier molecular flexibility index (Phi) is 12.3. The zero-order valence-electron chi connectivity index (χ0n) is 28.3. The minimum absolute atomic E-state index is 0.218. The minimum atomic E-state index is -0.218. The normalized spacial score (nSPS) is 14.4. The van der Waals surface area contributed by atoms with Crippen LogP contribution in [-0.4, -0.2) is 22.0 Å². The Labute approximate surface area is 297 Å². The van der Waals surface area contributed by atoms with E-state index in [4.69, 9.17) is 9.69 Å². The first-order chi connectivity index (χ1) is 23.3. The molecule has 0 spiro atoms. The fourth-order valence-corrected chi connectivity index (χ4v) is 7.84. The summed E-state index contributed by atoms with van der Waals surface area (Å²) in [5.74, 6) is 0.252. The average molecular weight is 740 g/mol. The molecule has 7 rings (SSSR count). The van der Waals surface area contributed by atoms with E-state index in [-0.39, 0.29) is 21.4 Å². The first-order valence-electron chi connectivity index (χ1n) is 16.3. The number of phenolic OH excluding ortho intramolecular Hbond substituents is 1. The molecule has 1 aliphatic heterocycles. The number of allylic oxidation sites excluding steroid dienone is 1. The summed E-state index contributed by atoms with van der Waals surface area (Å²) < 4.78 is 1.30. The van der Waals surface area contributed by atoms with Crippen LogP contribution >= 0.6 is 9.69 Å². The van der Waals surface area contributed by atoms with Crippen LogP contribution in [0.15, 0.2) is 120 Å². The van der Waals surface area contributed by atoms with Crippen molar-refractivity contribution >= 4 is 37.0 Å². The van der Waals surface area contributed by atoms with Crippen molar-refractivity contribution < 1.29 is 20.8 Å². The zero-order valence-corrected chi connectivity index (χ0v) is 30.8. The van der Waals surface area contributed by atoms with Gasteiger partial charge < -0.3 is 10.0 Å². The van der Waals surface area contributed by atoms with E-state index in [1.807, 2.05) is 50.2 Å². The average Bonchev–Trinajstić information content (AvgIpc) is 3.75. The Morgan fingerprint density at radius 2 is 1.38 bits per heavy atom. The number of nitrogens with zero attached hydrogens (tertiary/aromatic N) is 2. The van der Waals surface area contributed by atoms with Crippen molar-refractivity contribution in [2.45, 2.75) is 47.5 Å². The Balaban J connectivity index is 0.000000142. The summed E-state index contributed by atoms with van der Waals surface area (Å²) in [4.78, 5) is 6.86. The van der Waals surface area contributed by atoms with Gasteiger partial charge in [-0.1, -0.05) is 54.4 Å². The molecule has 1 saturated heterocycles. The Morgan fingerprint density at radius 1 is 0.750 bits per heavy atom. The van der Waals surface area contributed by atoms with Crippen molar-refractivity contribution in [2.24, 2.45) is 4.99 Å². The van der Waals surface area contributed by atoms with Crippen LogP contribution in [0.5, 0.6) is 5.75 Å². The van der Waals surface area contributed by atoms with Gasteiger partial charge >= 0.3 is 112 Å². The third-order valence-corrected chi connectivity index (χ3v) is 10.4. The molecular formula is C43H43ClN2ORu-. The van der Waals surface area contributed by atoms with Crippen molar-refractivity contribution in [2.75, 3.05) is 11.4 Å². The molecule has 1 aliphatic carbocycles. The number of aryl methyl sites for hydroxylation is 5. The molecule has 247 valence electrons. The number of aliphatic imine (C=N–C) groups is 1. The molecule has 2 aliphatic rings. The van der Waals surface area contributed by atoms with Crippen LogP contribution in [0, 0.1) is 41.2 Å². The number of halogens is 1. The summed E-state index contributed by atoms with van der Waals surface area (Å²) in [7, 11) is 6.10. The molecule has 5 aromatic carbocycles. The standard InChI is InChI=1S/C15H15NO.C15H10.C13H18N.ClH.Ru/c1-11-6-5-7-12(2)15(11)16-10-13-8-3-4-9-14(13)17;1-2-6-12(7-3-1)15-11-10-13-8-4-5-9-14(13)15;1-10-8-11(2)13(12(3)9-10)14-6-4-5-7-14;;/h3-10,17H,1-2H3;1-9,11H;6,8-9H,4-5,7H2,1-3H3;1H;/q;;-1;;+1/p-1. The number of para-hydroxylation sites is 2. The van der Waals surface area contributed by atoms with Crippen LogP contribution < -0.4 is 4.90 Å². The van der Waals surface area contributed by atoms with Crippen molar-refractivity contribution in [3.63, 3.8) is 0 Å². The number of hydrogen-bond donors (Lipinski definition) is 1. The molecule has 0 unspecified atom stereocenters. The molecule has 0 atom stereocenters. The monoisotopic (exact) mass is 740 g/mol. The number of benzene rings is 5. The number of aromatic hydroxyl groups is 1.